The molecule has 1 heterocycles. The van der Waals surface area contributed by atoms with Crippen molar-refractivity contribution in [3.05, 3.63) is 36.7 Å². The molecule has 0 fully saturated rings. The quantitative estimate of drug-likeness (QED) is 0.633. The van der Waals surface area contributed by atoms with Gasteiger partial charge in [0.15, 0.2) is 0 Å². The van der Waals surface area contributed by atoms with Crippen LogP contribution in [0.5, 0.6) is 0 Å². The molecule has 3 heteroatoms. The number of carbonyl (C=O) groups excluding carboxylic acids is 1. The van der Waals surface area contributed by atoms with Crippen molar-refractivity contribution >= 4 is 5.97 Å². The van der Waals surface area contributed by atoms with E-state index < -0.39 is 0 Å². The molecule has 1 rings (SSSR count). The van der Waals surface area contributed by atoms with Crippen LogP contribution in [0.25, 0.3) is 0 Å². The van der Waals surface area contributed by atoms with Gasteiger partial charge in [-0.3, -0.25) is 9.78 Å². The average Bonchev–Trinajstić information content (AvgIpc) is 2.05. The smallest absolute Gasteiger partial charge is 0.303 e. The molecule has 0 saturated carbocycles. The molecule has 0 atom stereocenters. The van der Waals surface area contributed by atoms with Crippen LogP contribution < -0.4 is 0 Å². The van der Waals surface area contributed by atoms with E-state index >= 15 is 0 Å². The highest BCUT2D eigenvalue weighted by molar-refractivity contribution is 5.66. The second kappa shape index (κ2) is 4.49. The molecule has 0 saturated heterocycles. The first-order chi connectivity index (χ1) is 5.79. The monoisotopic (exact) mass is 164 g/mol. The van der Waals surface area contributed by atoms with Crippen molar-refractivity contribution in [2.75, 3.05) is 0 Å². The van der Waals surface area contributed by atoms with Crippen molar-refractivity contribution in [2.24, 2.45) is 0 Å². The van der Waals surface area contributed by atoms with E-state index in [1.165, 1.54) is 13.5 Å². The van der Waals surface area contributed by atoms with Gasteiger partial charge in [0.05, 0.1) is 0 Å². The van der Waals surface area contributed by atoms with Crippen molar-refractivity contribution in [3.63, 3.8) is 0 Å². The summed E-state index contributed by atoms with van der Waals surface area (Å²) in [5.41, 5.74) is 0.888. The van der Waals surface area contributed by atoms with Gasteiger partial charge in [0.2, 0.25) is 0 Å². The van der Waals surface area contributed by atoms with Crippen LogP contribution in [-0.4, -0.2) is 11.0 Å². The molecule has 3 nitrogen and oxygen atoms in total. The fourth-order valence-electron chi connectivity index (χ4n) is 0.763. The van der Waals surface area contributed by atoms with Crippen molar-refractivity contribution in [1.82, 2.24) is 4.98 Å². The second-order valence-corrected chi connectivity index (χ2v) is 2.30. The Morgan fingerprint density at radius 1 is 1.67 bits per heavy atom. The molecule has 1 radical (unpaired) electrons. The highest BCUT2D eigenvalue weighted by Gasteiger charge is 1.95. The summed E-state index contributed by atoms with van der Waals surface area (Å²) in [6.07, 6.45) is 2.26. The summed E-state index contributed by atoms with van der Waals surface area (Å²) >= 11 is 0. The summed E-state index contributed by atoms with van der Waals surface area (Å²) in [6, 6.07) is 5.61. The molecular formula is C9H10NO2. The number of hydrogen-bond acceptors (Lipinski definition) is 3. The van der Waals surface area contributed by atoms with Crippen LogP contribution >= 0.6 is 0 Å². The lowest BCUT2D eigenvalue weighted by atomic mass is 10.3. The molecule has 0 spiro atoms. The van der Waals surface area contributed by atoms with Crippen LogP contribution in [0, 0.1) is 6.61 Å². The van der Waals surface area contributed by atoms with Gasteiger partial charge in [0.1, 0.15) is 6.61 Å². The summed E-state index contributed by atoms with van der Waals surface area (Å²) in [5.74, 6) is -0.300. The van der Waals surface area contributed by atoms with Crippen molar-refractivity contribution in [1.29, 1.82) is 0 Å². The third-order valence-corrected chi connectivity index (χ3v) is 1.27. The van der Waals surface area contributed by atoms with Crippen LogP contribution in [0.2, 0.25) is 0 Å². The van der Waals surface area contributed by atoms with Crippen LogP contribution in [0.4, 0.5) is 0 Å². The fraction of sp³-hybridized carbons (Fsp3) is 0.222. The Bertz CT molecular complexity index is 246. The van der Waals surface area contributed by atoms with Gasteiger partial charge in [0, 0.05) is 25.2 Å². The first-order valence-electron chi connectivity index (χ1n) is 3.68. The molecule has 0 aromatic carbocycles. The largest absolute Gasteiger partial charge is 0.458 e. The number of ether oxygens (including phenoxy) is 1. The number of pyridine rings is 1. The van der Waals surface area contributed by atoms with Gasteiger partial charge >= 0.3 is 5.97 Å². The molecule has 63 valence electrons. The minimum atomic E-state index is -0.300. The minimum Gasteiger partial charge on any atom is -0.458 e. The highest BCUT2D eigenvalue weighted by Crippen LogP contribution is 1.97. The Morgan fingerprint density at radius 3 is 3.08 bits per heavy atom. The van der Waals surface area contributed by atoms with Gasteiger partial charge in [-0.25, -0.2) is 0 Å². The Morgan fingerprint density at radius 2 is 2.50 bits per heavy atom. The normalized spacial score (nSPS) is 9.42. The molecule has 0 aliphatic carbocycles. The van der Waals surface area contributed by atoms with E-state index in [2.05, 4.69) is 9.72 Å². The molecule has 12 heavy (non-hydrogen) atoms. The van der Waals surface area contributed by atoms with Crippen LogP contribution in [0.1, 0.15) is 12.6 Å². The molecule has 1 aromatic rings. The molecule has 0 amide bonds. The topological polar surface area (TPSA) is 39.2 Å². The zero-order valence-corrected chi connectivity index (χ0v) is 6.86. The summed E-state index contributed by atoms with van der Waals surface area (Å²) in [5, 5.41) is 0. The van der Waals surface area contributed by atoms with Crippen LogP contribution in [-0.2, 0) is 16.0 Å². The third kappa shape index (κ3) is 3.14. The maximum atomic E-state index is 10.4. The SMILES string of the molecule is CC(=O)O[CH]Cc1ccccn1. The number of hydrogen-bond donors (Lipinski definition) is 0. The van der Waals surface area contributed by atoms with E-state index in [9.17, 15) is 4.79 Å². The van der Waals surface area contributed by atoms with E-state index in [-0.39, 0.29) is 5.97 Å². The average molecular weight is 164 g/mol. The van der Waals surface area contributed by atoms with Crippen LogP contribution in [0.3, 0.4) is 0 Å². The van der Waals surface area contributed by atoms with Gasteiger partial charge in [-0.15, -0.1) is 0 Å². The lowest BCUT2D eigenvalue weighted by molar-refractivity contribution is -0.137. The van der Waals surface area contributed by atoms with Gasteiger partial charge in [-0.1, -0.05) is 6.07 Å². The predicted octanol–water partition coefficient (Wildman–Crippen LogP) is 1.35. The predicted molar refractivity (Wildman–Crippen MR) is 44.0 cm³/mol. The lowest BCUT2D eigenvalue weighted by Gasteiger charge is -1.98. The lowest BCUT2D eigenvalue weighted by Crippen LogP contribution is -1.98. The van der Waals surface area contributed by atoms with E-state index in [0.29, 0.717) is 6.42 Å². The Labute approximate surface area is 71.4 Å². The fourth-order valence-corrected chi connectivity index (χ4v) is 0.763. The summed E-state index contributed by atoms with van der Waals surface area (Å²) in [4.78, 5) is 14.4. The maximum Gasteiger partial charge on any atom is 0.303 e. The maximum absolute atomic E-state index is 10.4. The minimum absolute atomic E-state index is 0.300. The summed E-state index contributed by atoms with van der Waals surface area (Å²) < 4.78 is 4.64. The number of esters is 1. The molecule has 0 aliphatic rings. The molecule has 0 N–H and O–H groups in total. The molecular weight excluding hydrogens is 154 g/mol. The van der Waals surface area contributed by atoms with E-state index in [1.807, 2.05) is 18.2 Å². The van der Waals surface area contributed by atoms with Crippen LogP contribution in [0.15, 0.2) is 24.4 Å². The third-order valence-electron chi connectivity index (χ3n) is 1.27. The molecule has 1 aromatic heterocycles. The Kier molecular flexibility index (Phi) is 3.26. The van der Waals surface area contributed by atoms with Gasteiger partial charge in [-0.2, -0.15) is 0 Å². The molecule has 0 unspecified atom stereocenters. The number of carbonyl (C=O) groups is 1. The summed E-state index contributed by atoms with van der Waals surface area (Å²) in [7, 11) is 0. The number of rotatable bonds is 3. The van der Waals surface area contributed by atoms with E-state index in [1.54, 1.807) is 6.20 Å². The first kappa shape index (κ1) is 8.71. The van der Waals surface area contributed by atoms with Gasteiger partial charge in [-0.05, 0) is 12.1 Å². The zero-order chi connectivity index (χ0) is 8.81. The first-order valence-corrected chi connectivity index (χ1v) is 3.68. The molecule has 0 aliphatic heterocycles. The second-order valence-electron chi connectivity index (χ2n) is 2.30. The summed E-state index contributed by atoms with van der Waals surface area (Å²) in [6.45, 7) is 2.82. The van der Waals surface area contributed by atoms with E-state index in [0.717, 1.165) is 5.69 Å². The van der Waals surface area contributed by atoms with Gasteiger partial charge in [0.25, 0.3) is 0 Å². The van der Waals surface area contributed by atoms with Gasteiger partial charge < -0.3 is 4.74 Å². The Balaban J connectivity index is 2.29. The standard InChI is InChI=1S/C9H10NO2/c1-8(11)12-7-5-9-4-2-3-6-10-9/h2-4,6-7H,5H2,1H3. The molecule has 0 bridgehead atoms. The number of aromatic nitrogens is 1. The Hall–Kier alpha value is -1.38. The van der Waals surface area contributed by atoms with Crippen molar-refractivity contribution < 1.29 is 9.53 Å². The van der Waals surface area contributed by atoms with Crippen molar-refractivity contribution in [2.45, 2.75) is 13.3 Å². The van der Waals surface area contributed by atoms with E-state index in [4.69, 9.17) is 0 Å². The zero-order valence-electron chi connectivity index (χ0n) is 6.86. The highest BCUT2D eigenvalue weighted by atomic mass is 16.5. The number of nitrogens with zero attached hydrogens (tertiary/aromatic N) is 1. The van der Waals surface area contributed by atoms with Crippen molar-refractivity contribution in [3.8, 4) is 0 Å².